The fraction of sp³-hybridized carbons (Fsp3) is 0.778. The van der Waals surface area contributed by atoms with Gasteiger partial charge in [0.2, 0.25) is 0 Å². The van der Waals surface area contributed by atoms with Gasteiger partial charge in [-0.3, -0.25) is 19.3 Å². The molecular formula is C18H34N10O3. The van der Waals surface area contributed by atoms with Crippen LogP contribution < -0.4 is 0 Å². The predicted molar refractivity (Wildman–Crippen MR) is 112 cm³/mol. The van der Waals surface area contributed by atoms with Gasteiger partial charge in [-0.15, -0.1) is 10.2 Å². The molecule has 2 aromatic rings. The van der Waals surface area contributed by atoms with Crippen LogP contribution in [0.3, 0.4) is 0 Å². The van der Waals surface area contributed by atoms with E-state index in [4.69, 9.17) is 15.3 Å². The van der Waals surface area contributed by atoms with Crippen molar-refractivity contribution in [1.29, 1.82) is 0 Å². The highest BCUT2D eigenvalue weighted by Crippen LogP contribution is 2.07. The van der Waals surface area contributed by atoms with Gasteiger partial charge < -0.3 is 15.3 Å². The van der Waals surface area contributed by atoms with Gasteiger partial charge in [-0.05, 0) is 19.3 Å². The van der Waals surface area contributed by atoms with Crippen LogP contribution in [0.5, 0.6) is 0 Å². The molecule has 0 atom stereocenters. The van der Waals surface area contributed by atoms with Crippen LogP contribution >= 0.6 is 0 Å². The zero-order chi connectivity index (χ0) is 22.3. The van der Waals surface area contributed by atoms with Gasteiger partial charge in [0.1, 0.15) is 0 Å². The highest BCUT2D eigenvalue weighted by Gasteiger charge is 2.12. The van der Waals surface area contributed by atoms with Gasteiger partial charge in [0.25, 0.3) is 0 Å². The fourth-order valence-electron chi connectivity index (χ4n) is 2.86. The van der Waals surface area contributed by atoms with Crippen molar-refractivity contribution in [3.05, 3.63) is 23.8 Å². The smallest absolute Gasteiger partial charge is 0.0967 e. The summed E-state index contributed by atoms with van der Waals surface area (Å²) in [6.45, 7) is 4.54. The third kappa shape index (κ3) is 9.91. The lowest BCUT2D eigenvalue weighted by molar-refractivity contribution is 0.236. The lowest BCUT2D eigenvalue weighted by Crippen LogP contribution is -2.26. The molecule has 3 N–H and O–H groups in total. The van der Waals surface area contributed by atoms with Crippen molar-refractivity contribution in [2.24, 2.45) is 10.3 Å². The predicted octanol–water partition coefficient (Wildman–Crippen LogP) is -0.682. The third-order valence-corrected chi connectivity index (χ3v) is 4.41. The Hall–Kier alpha value is -2.48. The highest BCUT2D eigenvalue weighted by atomic mass is 16.3. The molecule has 2 aromatic heterocycles. The van der Waals surface area contributed by atoms with Gasteiger partial charge in [0, 0.05) is 78.5 Å². The molecule has 0 spiro atoms. The number of aliphatic hydroxyl groups excluding tert-OH is 3. The maximum Gasteiger partial charge on any atom is 0.0967 e. The summed E-state index contributed by atoms with van der Waals surface area (Å²) >= 11 is 0. The van der Waals surface area contributed by atoms with Gasteiger partial charge in [-0.25, -0.2) is 0 Å². The van der Waals surface area contributed by atoms with Gasteiger partial charge in [-0.2, -0.15) is 5.11 Å². The van der Waals surface area contributed by atoms with E-state index in [-0.39, 0.29) is 19.8 Å². The highest BCUT2D eigenvalue weighted by molar-refractivity contribution is 4.96. The van der Waals surface area contributed by atoms with Gasteiger partial charge in [-0.1, -0.05) is 15.7 Å². The van der Waals surface area contributed by atoms with Crippen molar-refractivity contribution in [2.75, 3.05) is 46.5 Å². The number of aryl methyl sites for hydroxylation is 2. The molecular weight excluding hydrogens is 404 g/mol. The van der Waals surface area contributed by atoms with E-state index in [0.29, 0.717) is 65.1 Å². The molecule has 31 heavy (non-hydrogen) atoms. The summed E-state index contributed by atoms with van der Waals surface area (Å²) in [5.41, 5.74) is 1.64. The van der Waals surface area contributed by atoms with Crippen LogP contribution in [-0.4, -0.2) is 102 Å². The van der Waals surface area contributed by atoms with Gasteiger partial charge in [0.15, 0.2) is 0 Å². The molecule has 2 rings (SSSR count). The minimum atomic E-state index is 0.116. The lowest BCUT2D eigenvalue weighted by atomic mass is 10.3. The third-order valence-electron chi connectivity index (χ3n) is 4.41. The Labute approximate surface area is 182 Å². The van der Waals surface area contributed by atoms with Crippen molar-refractivity contribution < 1.29 is 15.3 Å². The minimum Gasteiger partial charge on any atom is -0.396 e. The summed E-state index contributed by atoms with van der Waals surface area (Å²) in [4.78, 5) is 2.15. The largest absolute Gasteiger partial charge is 0.396 e. The van der Waals surface area contributed by atoms with Crippen molar-refractivity contribution in [2.45, 2.75) is 45.4 Å². The maximum atomic E-state index is 8.97. The summed E-state index contributed by atoms with van der Waals surface area (Å²) in [6, 6.07) is 0. The molecule has 2 heterocycles. The molecule has 0 bridgehead atoms. The lowest BCUT2D eigenvalue weighted by Gasteiger charge is -2.18. The van der Waals surface area contributed by atoms with E-state index in [1.807, 2.05) is 19.4 Å². The topological polar surface area (TPSA) is 153 Å². The molecule has 0 amide bonds. The molecule has 0 aliphatic carbocycles. The van der Waals surface area contributed by atoms with Crippen LogP contribution in [0.15, 0.2) is 22.7 Å². The van der Waals surface area contributed by atoms with E-state index < -0.39 is 0 Å². The normalized spacial score (nSPS) is 11.8. The molecule has 0 aromatic carbocycles. The molecule has 13 nitrogen and oxygen atoms in total. The molecule has 0 fully saturated rings. The molecule has 0 aliphatic rings. The number of nitrogens with zero attached hydrogens (tertiary/aromatic N) is 10. The number of aliphatic hydroxyl groups is 3. The Balaban J connectivity index is 1.94. The molecule has 0 saturated heterocycles. The fourth-order valence-corrected chi connectivity index (χ4v) is 2.86. The molecule has 0 aliphatic heterocycles. The van der Waals surface area contributed by atoms with Crippen LogP contribution in [-0.2, 0) is 26.2 Å². The van der Waals surface area contributed by atoms with Crippen molar-refractivity contribution in [3.63, 3.8) is 0 Å². The van der Waals surface area contributed by atoms with Crippen LogP contribution in [0.4, 0.5) is 0 Å². The van der Waals surface area contributed by atoms with Gasteiger partial charge in [0.05, 0.1) is 17.9 Å². The van der Waals surface area contributed by atoms with Crippen LogP contribution in [0.1, 0.15) is 30.7 Å². The Kier molecular flexibility index (Phi) is 11.6. The first kappa shape index (κ1) is 24.8. The first-order chi connectivity index (χ1) is 15.1. The molecule has 0 saturated carbocycles. The summed E-state index contributed by atoms with van der Waals surface area (Å²) in [7, 11) is 1.83. The molecule has 13 heteroatoms. The number of hydrogen-bond acceptors (Lipinski definition) is 10. The second-order valence-corrected chi connectivity index (χ2v) is 7.22. The first-order valence-electron chi connectivity index (χ1n) is 10.6. The van der Waals surface area contributed by atoms with Crippen LogP contribution in [0.2, 0.25) is 0 Å². The maximum absolute atomic E-state index is 8.97. The summed E-state index contributed by atoms with van der Waals surface area (Å²) in [6.07, 6.45) is 5.68. The summed E-state index contributed by atoms with van der Waals surface area (Å²) < 4.78 is 3.45. The van der Waals surface area contributed by atoms with E-state index >= 15 is 0 Å². The Morgan fingerprint density at radius 2 is 1.39 bits per heavy atom. The van der Waals surface area contributed by atoms with Crippen LogP contribution in [0, 0.1) is 0 Å². The molecule has 0 unspecified atom stereocenters. The second-order valence-electron chi connectivity index (χ2n) is 7.22. The standard InChI is InChI=1S/C18H34N10O3/c1-25(6-2-10-29)22-19-5-9-26(13-17-15-27(23-20-17)7-3-11-30)14-18-16-28(24-21-18)8-4-12-31/h15-16,29-31H,2-14H2,1H3/b22-19-. The first-order valence-corrected chi connectivity index (χ1v) is 10.6. The second kappa shape index (κ2) is 14.5. The minimum absolute atomic E-state index is 0.116. The Bertz CT molecular complexity index is 702. The van der Waals surface area contributed by atoms with Crippen LogP contribution in [0.25, 0.3) is 0 Å². The molecule has 0 radical (unpaired) electrons. The quantitative estimate of drug-likeness (QED) is 0.215. The van der Waals surface area contributed by atoms with E-state index in [1.54, 1.807) is 14.4 Å². The Morgan fingerprint density at radius 1 is 0.839 bits per heavy atom. The average molecular weight is 439 g/mol. The number of hydrogen-bond donors (Lipinski definition) is 3. The van der Waals surface area contributed by atoms with E-state index in [0.717, 1.165) is 11.4 Å². The van der Waals surface area contributed by atoms with Crippen molar-refractivity contribution in [1.82, 2.24) is 39.9 Å². The van der Waals surface area contributed by atoms with Crippen molar-refractivity contribution in [3.8, 4) is 0 Å². The monoisotopic (exact) mass is 438 g/mol. The zero-order valence-corrected chi connectivity index (χ0v) is 18.2. The van der Waals surface area contributed by atoms with E-state index in [2.05, 4.69) is 35.9 Å². The summed E-state index contributed by atoms with van der Waals surface area (Å²) in [5, 5.41) is 53.5. The van der Waals surface area contributed by atoms with E-state index in [9.17, 15) is 0 Å². The molecule has 174 valence electrons. The SMILES string of the molecule is CN(CCCO)/N=N\CCN(Cc1cn(CCCO)nn1)Cc1cn(CCCO)nn1. The average Bonchev–Trinajstić information content (AvgIpc) is 3.41. The van der Waals surface area contributed by atoms with E-state index in [1.165, 1.54) is 0 Å². The van der Waals surface area contributed by atoms with Crippen molar-refractivity contribution >= 4 is 0 Å². The van der Waals surface area contributed by atoms with Gasteiger partial charge >= 0.3 is 0 Å². The zero-order valence-electron chi connectivity index (χ0n) is 18.2. The number of aromatic nitrogens is 6. The number of rotatable bonds is 17. The Morgan fingerprint density at radius 3 is 1.90 bits per heavy atom. The summed E-state index contributed by atoms with van der Waals surface area (Å²) in [5.74, 6) is 0.